The summed E-state index contributed by atoms with van der Waals surface area (Å²) in [6, 6.07) is 1.99. The molecule has 0 aromatic rings. The van der Waals surface area contributed by atoms with Crippen LogP contribution in [-0.2, 0) is 9.53 Å². The topological polar surface area (TPSA) is 53.3 Å². The van der Waals surface area contributed by atoms with Crippen LogP contribution in [0.15, 0.2) is 0 Å². The highest BCUT2D eigenvalue weighted by Gasteiger charge is 2.10. The summed E-state index contributed by atoms with van der Waals surface area (Å²) < 4.78 is 4.85. The first-order valence-corrected chi connectivity index (χ1v) is 4.64. The first-order chi connectivity index (χ1) is 6.26. The summed E-state index contributed by atoms with van der Waals surface area (Å²) in [7, 11) is 1.58. The summed E-state index contributed by atoms with van der Waals surface area (Å²) in [6.45, 7) is 1.47. The first-order valence-electron chi connectivity index (χ1n) is 4.00. The van der Waals surface area contributed by atoms with E-state index in [-0.39, 0.29) is 11.7 Å². The number of methoxy groups -OCH3 is 1. The van der Waals surface area contributed by atoms with Crippen molar-refractivity contribution in [1.82, 2.24) is 4.90 Å². The van der Waals surface area contributed by atoms with Gasteiger partial charge in [0.15, 0.2) is 0 Å². The van der Waals surface area contributed by atoms with Crippen LogP contribution in [0.25, 0.3) is 0 Å². The average molecular weight is 202 g/mol. The van der Waals surface area contributed by atoms with Crippen molar-refractivity contribution in [3.8, 4) is 6.07 Å². The highest BCUT2D eigenvalue weighted by molar-refractivity contribution is 7.81. The molecule has 5 heteroatoms. The number of amides is 1. The highest BCUT2D eigenvalue weighted by atomic mass is 32.1. The maximum absolute atomic E-state index is 11.2. The molecule has 0 aliphatic heterocycles. The summed E-state index contributed by atoms with van der Waals surface area (Å²) >= 11 is 3.88. The van der Waals surface area contributed by atoms with E-state index in [2.05, 4.69) is 12.6 Å². The molecule has 0 aromatic carbocycles. The molecule has 0 bridgehead atoms. The lowest BCUT2D eigenvalue weighted by Gasteiger charge is -2.19. The van der Waals surface area contributed by atoms with Crippen molar-refractivity contribution in [2.75, 3.05) is 32.6 Å². The molecule has 0 fully saturated rings. The highest BCUT2D eigenvalue weighted by Crippen LogP contribution is 1.94. The van der Waals surface area contributed by atoms with E-state index in [9.17, 15) is 4.79 Å². The maximum atomic E-state index is 11.2. The molecule has 0 aromatic heterocycles. The van der Waals surface area contributed by atoms with Crippen LogP contribution >= 0.6 is 12.6 Å². The molecule has 0 N–H and O–H groups in total. The molecular formula is C8H14N2O2S. The number of ether oxygens (including phenoxy) is 1. The lowest BCUT2D eigenvalue weighted by molar-refractivity contribution is -0.128. The van der Waals surface area contributed by atoms with Gasteiger partial charge in [-0.1, -0.05) is 0 Å². The van der Waals surface area contributed by atoms with Crippen molar-refractivity contribution >= 4 is 18.5 Å². The van der Waals surface area contributed by atoms with Crippen LogP contribution in [0.5, 0.6) is 0 Å². The molecule has 0 unspecified atom stereocenters. The fraction of sp³-hybridized carbons (Fsp3) is 0.750. The van der Waals surface area contributed by atoms with Gasteiger partial charge in [-0.2, -0.15) is 17.9 Å². The van der Waals surface area contributed by atoms with Crippen molar-refractivity contribution < 1.29 is 9.53 Å². The minimum absolute atomic E-state index is 0.0596. The molecule has 0 saturated carbocycles. The molecule has 0 aliphatic carbocycles. The third-order valence-corrected chi connectivity index (χ3v) is 1.82. The molecule has 0 rings (SSSR count). The normalized spacial score (nSPS) is 9.31. The van der Waals surface area contributed by atoms with Crippen molar-refractivity contribution in [2.45, 2.75) is 6.42 Å². The number of nitrogens with zero attached hydrogens (tertiary/aromatic N) is 2. The number of hydrogen-bond donors (Lipinski definition) is 1. The number of carbonyl (C=O) groups is 1. The number of carbonyl (C=O) groups excluding carboxylic acids is 1. The van der Waals surface area contributed by atoms with Crippen molar-refractivity contribution in [3.63, 3.8) is 0 Å². The molecule has 13 heavy (non-hydrogen) atoms. The van der Waals surface area contributed by atoms with Crippen molar-refractivity contribution in [1.29, 1.82) is 5.26 Å². The van der Waals surface area contributed by atoms with Gasteiger partial charge >= 0.3 is 0 Å². The van der Waals surface area contributed by atoms with Crippen LogP contribution in [0, 0.1) is 11.3 Å². The SMILES string of the molecule is COCCN(CCC#N)C(=O)CS. The Morgan fingerprint density at radius 3 is 2.77 bits per heavy atom. The number of nitriles is 1. The number of thiol groups is 1. The van der Waals surface area contributed by atoms with E-state index in [1.807, 2.05) is 6.07 Å². The van der Waals surface area contributed by atoms with Crippen LogP contribution in [0.4, 0.5) is 0 Å². The lowest BCUT2D eigenvalue weighted by atomic mass is 10.4. The Kier molecular flexibility index (Phi) is 7.45. The van der Waals surface area contributed by atoms with E-state index < -0.39 is 0 Å². The van der Waals surface area contributed by atoms with Gasteiger partial charge in [0.2, 0.25) is 5.91 Å². The van der Waals surface area contributed by atoms with Crippen LogP contribution in [-0.4, -0.2) is 43.4 Å². The molecule has 0 atom stereocenters. The molecule has 0 aliphatic rings. The van der Waals surface area contributed by atoms with Crippen LogP contribution < -0.4 is 0 Å². The summed E-state index contributed by atoms with van der Waals surface area (Å²) in [5.74, 6) is 0.116. The zero-order valence-corrected chi connectivity index (χ0v) is 8.59. The van der Waals surface area contributed by atoms with E-state index in [0.717, 1.165) is 0 Å². The molecule has 74 valence electrons. The van der Waals surface area contributed by atoms with Gasteiger partial charge in [-0.3, -0.25) is 4.79 Å². The standard InChI is InChI=1S/C8H14N2O2S/c1-12-6-5-10(4-2-3-9)8(11)7-13/h13H,2,4-7H2,1H3. The van der Waals surface area contributed by atoms with Crippen molar-refractivity contribution in [2.24, 2.45) is 0 Å². The van der Waals surface area contributed by atoms with Gasteiger partial charge < -0.3 is 9.64 Å². The Balaban J connectivity index is 3.88. The minimum atomic E-state index is -0.0596. The van der Waals surface area contributed by atoms with E-state index in [1.165, 1.54) is 0 Å². The van der Waals surface area contributed by atoms with Crippen LogP contribution in [0.1, 0.15) is 6.42 Å². The third-order valence-electron chi connectivity index (χ3n) is 1.55. The molecule has 1 amide bonds. The molecule has 0 spiro atoms. The monoisotopic (exact) mass is 202 g/mol. The molecular weight excluding hydrogens is 188 g/mol. The second kappa shape index (κ2) is 7.90. The van der Waals surface area contributed by atoms with Crippen LogP contribution in [0.3, 0.4) is 0 Å². The Morgan fingerprint density at radius 1 is 1.62 bits per heavy atom. The van der Waals surface area contributed by atoms with Gasteiger partial charge in [0.05, 0.1) is 24.8 Å². The van der Waals surface area contributed by atoms with Crippen LogP contribution in [0.2, 0.25) is 0 Å². The Morgan fingerprint density at radius 2 is 2.31 bits per heavy atom. The molecule has 0 heterocycles. The van der Waals surface area contributed by atoms with E-state index in [4.69, 9.17) is 10.00 Å². The second-order valence-corrected chi connectivity index (χ2v) is 2.76. The predicted molar refractivity (Wildman–Crippen MR) is 52.5 cm³/mol. The Labute approximate surface area is 83.9 Å². The number of hydrogen-bond acceptors (Lipinski definition) is 4. The first kappa shape index (κ1) is 12.3. The molecule has 0 radical (unpaired) electrons. The average Bonchev–Trinajstić information content (AvgIpc) is 2.17. The van der Waals surface area contributed by atoms with Gasteiger partial charge in [-0.05, 0) is 0 Å². The zero-order valence-electron chi connectivity index (χ0n) is 7.69. The van der Waals surface area contributed by atoms with E-state index in [1.54, 1.807) is 12.0 Å². The van der Waals surface area contributed by atoms with Gasteiger partial charge in [-0.15, -0.1) is 0 Å². The zero-order chi connectivity index (χ0) is 10.1. The largest absolute Gasteiger partial charge is 0.383 e. The molecule has 0 saturated heterocycles. The quantitative estimate of drug-likeness (QED) is 0.630. The Hall–Kier alpha value is -0.730. The fourth-order valence-corrected chi connectivity index (χ4v) is 1.05. The predicted octanol–water partition coefficient (Wildman–Crippen LogP) is 0.305. The minimum Gasteiger partial charge on any atom is -0.383 e. The summed E-state index contributed by atoms with van der Waals surface area (Å²) in [5.41, 5.74) is 0. The second-order valence-electron chi connectivity index (χ2n) is 2.44. The van der Waals surface area contributed by atoms with Crippen molar-refractivity contribution in [3.05, 3.63) is 0 Å². The molecule has 4 nitrogen and oxygen atoms in total. The smallest absolute Gasteiger partial charge is 0.232 e. The lowest BCUT2D eigenvalue weighted by Crippen LogP contribution is -2.35. The Bertz CT molecular complexity index is 191. The van der Waals surface area contributed by atoms with Gasteiger partial charge in [0.25, 0.3) is 0 Å². The van der Waals surface area contributed by atoms with E-state index in [0.29, 0.717) is 26.1 Å². The van der Waals surface area contributed by atoms with Gasteiger partial charge in [0.1, 0.15) is 0 Å². The van der Waals surface area contributed by atoms with E-state index >= 15 is 0 Å². The third kappa shape index (κ3) is 5.50. The van der Waals surface area contributed by atoms with Gasteiger partial charge in [-0.25, -0.2) is 0 Å². The number of rotatable bonds is 6. The fourth-order valence-electron chi connectivity index (χ4n) is 0.848. The summed E-state index contributed by atoms with van der Waals surface area (Å²) in [6.07, 6.45) is 0.350. The summed E-state index contributed by atoms with van der Waals surface area (Å²) in [4.78, 5) is 12.8. The maximum Gasteiger partial charge on any atom is 0.232 e. The van der Waals surface area contributed by atoms with Gasteiger partial charge in [0, 0.05) is 20.2 Å². The summed E-state index contributed by atoms with van der Waals surface area (Å²) in [5, 5.41) is 8.36.